The first-order chi connectivity index (χ1) is 6.48. The summed E-state index contributed by atoms with van der Waals surface area (Å²) in [5, 5.41) is 3.03. The van der Waals surface area contributed by atoms with Gasteiger partial charge in [0.05, 0.1) is 0 Å². The van der Waals surface area contributed by atoms with Crippen LogP contribution in [0.15, 0.2) is 0 Å². The van der Waals surface area contributed by atoms with Crippen molar-refractivity contribution in [3.05, 3.63) is 0 Å². The molecule has 0 saturated heterocycles. The molecule has 6 heteroatoms. The Balaban J connectivity index is 3.62. The average Bonchev–Trinajstić information content (AvgIpc) is 2.10. The Hall–Kier alpha value is -0.170. The Bertz CT molecular complexity index is 227. The van der Waals surface area contributed by atoms with Crippen molar-refractivity contribution < 1.29 is 8.42 Å². The third kappa shape index (κ3) is 8.43. The van der Waals surface area contributed by atoms with E-state index in [-0.39, 0.29) is 0 Å². The van der Waals surface area contributed by atoms with Gasteiger partial charge in [0.15, 0.2) is 0 Å². The fourth-order valence-corrected chi connectivity index (χ4v) is 1.80. The maximum atomic E-state index is 11.2. The number of rotatable bonds is 8. The lowest BCUT2D eigenvalue weighted by atomic mass is 10.2. The molecular weight excluding hydrogens is 202 g/mol. The van der Waals surface area contributed by atoms with Gasteiger partial charge in [0.1, 0.15) is 0 Å². The van der Waals surface area contributed by atoms with Crippen LogP contribution >= 0.6 is 0 Å². The summed E-state index contributed by atoms with van der Waals surface area (Å²) in [6.07, 6.45) is 0. The van der Waals surface area contributed by atoms with Crippen molar-refractivity contribution in [3.63, 3.8) is 0 Å². The molecule has 0 amide bonds. The van der Waals surface area contributed by atoms with E-state index in [1.165, 1.54) is 0 Å². The zero-order chi connectivity index (χ0) is 11.0. The predicted octanol–water partition coefficient (Wildman–Crippen LogP) is -0.324. The monoisotopic (exact) mass is 223 g/mol. The molecule has 0 aromatic heterocycles. The minimum absolute atomic E-state index is 0.320. The molecule has 0 aromatic rings. The Labute approximate surface area is 86.8 Å². The summed E-state index contributed by atoms with van der Waals surface area (Å²) in [5.74, 6) is 0.320. The molecule has 0 spiro atoms. The molecule has 5 nitrogen and oxygen atoms in total. The number of hydrogen-bond acceptors (Lipinski definition) is 3. The van der Waals surface area contributed by atoms with E-state index in [2.05, 4.69) is 14.8 Å². The summed E-state index contributed by atoms with van der Waals surface area (Å²) in [6, 6.07) is 0. The topological polar surface area (TPSA) is 70.2 Å². The molecule has 86 valence electrons. The van der Waals surface area contributed by atoms with E-state index in [0.717, 1.165) is 6.54 Å². The largest absolute Gasteiger partial charge is 0.316 e. The highest BCUT2D eigenvalue weighted by atomic mass is 32.2. The van der Waals surface area contributed by atoms with Gasteiger partial charge in [-0.15, -0.1) is 0 Å². The van der Waals surface area contributed by atoms with Gasteiger partial charge < -0.3 is 5.32 Å². The van der Waals surface area contributed by atoms with Crippen LogP contribution in [-0.4, -0.2) is 34.6 Å². The van der Waals surface area contributed by atoms with Gasteiger partial charge in [0.25, 0.3) is 10.2 Å². The molecule has 0 unspecified atom stereocenters. The Kier molecular flexibility index (Phi) is 7.08. The van der Waals surface area contributed by atoms with Crippen molar-refractivity contribution in [2.45, 2.75) is 20.8 Å². The van der Waals surface area contributed by atoms with Crippen molar-refractivity contribution in [3.8, 4) is 0 Å². The highest BCUT2D eigenvalue weighted by Gasteiger charge is 2.07. The minimum Gasteiger partial charge on any atom is -0.316 e. The zero-order valence-corrected chi connectivity index (χ0v) is 9.95. The Morgan fingerprint density at radius 1 is 1.14 bits per heavy atom. The van der Waals surface area contributed by atoms with Crippen LogP contribution < -0.4 is 14.8 Å². The van der Waals surface area contributed by atoms with Gasteiger partial charge in [-0.3, -0.25) is 0 Å². The number of likely N-dealkylation sites (N-methyl/N-ethyl adjacent to an activating group) is 1. The van der Waals surface area contributed by atoms with E-state index in [0.29, 0.717) is 25.6 Å². The van der Waals surface area contributed by atoms with Crippen LogP contribution in [-0.2, 0) is 10.2 Å². The highest BCUT2D eigenvalue weighted by Crippen LogP contribution is 1.88. The number of hydrogen-bond donors (Lipinski definition) is 3. The van der Waals surface area contributed by atoms with Gasteiger partial charge in [-0.1, -0.05) is 20.8 Å². The molecular formula is C8H21N3O2S. The summed E-state index contributed by atoms with van der Waals surface area (Å²) in [5.41, 5.74) is 0. The van der Waals surface area contributed by atoms with Gasteiger partial charge in [-0.05, 0) is 12.5 Å². The first-order valence-electron chi connectivity index (χ1n) is 4.93. The van der Waals surface area contributed by atoms with Crippen molar-refractivity contribution in [2.75, 3.05) is 26.2 Å². The van der Waals surface area contributed by atoms with E-state index in [9.17, 15) is 8.42 Å². The van der Waals surface area contributed by atoms with E-state index in [1.54, 1.807) is 0 Å². The van der Waals surface area contributed by atoms with Crippen LogP contribution in [0, 0.1) is 5.92 Å². The molecule has 14 heavy (non-hydrogen) atoms. The van der Waals surface area contributed by atoms with E-state index in [4.69, 9.17) is 0 Å². The summed E-state index contributed by atoms with van der Waals surface area (Å²) < 4.78 is 27.4. The molecule has 0 rings (SSSR count). The van der Waals surface area contributed by atoms with Gasteiger partial charge >= 0.3 is 0 Å². The van der Waals surface area contributed by atoms with Crippen molar-refractivity contribution in [1.29, 1.82) is 0 Å². The lowest BCUT2D eigenvalue weighted by Gasteiger charge is -2.09. The molecule has 0 aliphatic carbocycles. The Morgan fingerprint density at radius 3 is 2.29 bits per heavy atom. The molecule has 0 fully saturated rings. The van der Waals surface area contributed by atoms with Crippen LogP contribution in [0.3, 0.4) is 0 Å². The molecule has 0 aliphatic rings. The van der Waals surface area contributed by atoms with Crippen molar-refractivity contribution >= 4 is 10.2 Å². The van der Waals surface area contributed by atoms with Crippen LogP contribution in [0.5, 0.6) is 0 Å². The highest BCUT2D eigenvalue weighted by molar-refractivity contribution is 7.87. The van der Waals surface area contributed by atoms with Crippen LogP contribution in [0.2, 0.25) is 0 Å². The summed E-state index contributed by atoms with van der Waals surface area (Å²) in [4.78, 5) is 0. The fraction of sp³-hybridized carbons (Fsp3) is 1.00. The molecule has 0 saturated carbocycles. The Morgan fingerprint density at radius 2 is 1.79 bits per heavy atom. The normalized spacial score (nSPS) is 12.3. The molecule has 0 aliphatic heterocycles. The lowest BCUT2D eigenvalue weighted by molar-refractivity contribution is 0.545. The quantitative estimate of drug-likeness (QED) is 0.494. The zero-order valence-electron chi connectivity index (χ0n) is 9.13. The predicted molar refractivity (Wildman–Crippen MR) is 58.3 cm³/mol. The fourth-order valence-electron chi connectivity index (χ4n) is 0.778. The summed E-state index contributed by atoms with van der Waals surface area (Å²) in [7, 11) is -3.30. The molecule has 0 atom stereocenters. The van der Waals surface area contributed by atoms with E-state index < -0.39 is 10.2 Å². The number of nitrogens with one attached hydrogen (secondary N) is 3. The van der Waals surface area contributed by atoms with Gasteiger partial charge in [-0.25, -0.2) is 9.44 Å². The van der Waals surface area contributed by atoms with Gasteiger partial charge in [0, 0.05) is 19.6 Å². The summed E-state index contributed by atoms with van der Waals surface area (Å²) in [6.45, 7) is 8.28. The summed E-state index contributed by atoms with van der Waals surface area (Å²) >= 11 is 0. The molecule has 3 N–H and O–H groups in total. The smallest absolute Gasteiger partial charge is 0.276 e. The molecule has 0 bridgehead atoms. The van der Waals surface area contributed by atoms with Gasteiger partial charge in [-0.2, -0.15) is 8.42 Å². The van der Waals surface area contributed by atoms with E-state index in [1.807, 2.05) is 20.8 Å². The first-order valence-corrected chi connectivity index (χ1v) is 6.41. The van der Waals surface area contributed by atoms with Crippen molar-refractivity contribution in [2.24, 2.45) is 5.92 Å². The lowest BCUT2D eigenvalue weighted by Crippen LogP contribution is -2.41. The standard InChI is InChI=1S/C8H21N3O2S/c1-4-9-5-6-10-14(12,13)11-7-8(2)3/h8-11H,4-7H2,1-3H3. The van der Waals surface area contributed by atoms with Crippen LogP contribution in [0.25, 0.3) is 0 Å². The minimum atomic E-state index is -3.30. The molecule has 0 radical (unpaired) electrons. The second kappa shape index (κ2) is 7.17. The van der Waals surface area contributed by atoms with Crippen LogP contribution in [0.4, 0.5) is 0 Å². The van der Waals surface area contributed by atoms with Crippen molar-refractivity contribution in [1.82, 2.24) is 14.8 Å². The maximum absolute atomic E-state index is 11.2. The SMILES string of the molecule is CCNCCNS(=O)(=O)NCC(C)C. The van der Waals surface area contributed by atoms with E-state index >= 15 is 0 Å². The average molecular weight is 223 g/mol. The molecule has 0 aromatic carbocycles. The maximum Gasteiger partial charge on any atom is 0.276 e. The molecule has 0 heterocycles. The van der Waals surface area contributed by atoms with Gasteiger partial charge in [0.2, 0.25) is 0 Å². The van der Waals surface area contributed by atoms with Crippen LogP contribution in [0.1, 0.15) is 20.8 Å². The third-order valence-corrected chi connectivity index (χ3v) is 2.66. The second-order valence-electron chi connectivity index (χ2n) is 3.49. The third-order valence-electron chi connectivity index (χ3n) is 1.53. The first kappa shape index (κ1) is 13.8. The second-order valence-corrected chi connectivity index (χ2v) is 5.08.